The fourth-order valence-corrected chi connectivity index (χ4v) is 3.31. The lowest BCUT2D eigenvalue weighted by Gasteiger charge is -2.19. The highest BCUT2D eigenvalue weighted by Crippen LogP contribution is 2.17. The Labute approximate surface area is 242 Å². The number of esters is 1. The van der Waals surface area contributed by atoms with Crippen molar-refractivity contribution in [3.63, 3.8) is 0 Å². The number of halogens is 5. The maximum Gasteiger partial charge on any atom is 0.422 e. The molecule has 2 rings (SSSR count). The predicted molar refractivity (Wildman–Crippen MR) is 152 cm³/mol. The third kappa shape index (κ3) is 18.3. The second kappa shape index (κ2) is 17.1. The second-order valence-corrected chi connectivity index (χ2v) is 11.8. The number of nitrogens with two attached hydrogens (primary N) is 1. The Kier molecular flexibility index (Phi) is 16.3. The molecule has 37 heavy (non-hydrogen) atoms. The van der Waals surface area contributed by atoms with Gasteiger partial charge in [-0.3, -0.25) is 10.2 Å². The van der Waals surface area contributed by atoms with Gasteiger partial charge in [0.15, 0.2) is 0 Å². The van der Waals surface area contributed by atoms with E-state index in [-0.39, 0.29) is 30.7 Å². The number of hydrogen-bond donors (Lipinski definition) is 3. The molecule has 4 N–H and O–H groups in total. The summed E-state index contributed by atoms with van der Waals surface area (Å²) in [4.78, 5) is 21.8. The third-order valence-electron chi connectivity index (χ3n) is 3.63. The number of carbonyl (C=O) groups is 2. The largest absolute Gasteiger partial charge is 0.459 e. The van der Waals surface area contributed by atoms with Crippen LogP contribution in [0, 0.1) is 11.6 Å². The van der Waals surface area contributed by atoms with Crippen molar-refractivity contribution in [2.45, 2.75) is 64.6 Å². The standard InChI is InChI=1S/C12H16BrFN2O2.C7H5Br2F.C6H13NO2/c1-12(2,3)18-11(17)16-15-7-8-4-5-9(13)6-10(8)14;8-4-5-1-2-6(9)3-7(5)10;1-6(2,3)9-5(8)4-7/h4-6,15H,7H2,1-3H3,(H,16,17);1-3H,4H2;4,7H2,1-3H3. The predicted octanol–water partition coefficient (Wildman–Crippen LogP) is 6.89. The quantitative estimate of drug-likeness (QED) is 0.177. The molecule has 0 unspecified atom stereocenters. The van der Waals surface area contributed by atoms with Gasteiger partial charge in [0, 0.05) is 26.4 Å². The van der Waals surface area contributed by atoms with Crippen LogP contribution in [0.25, 0.3) is 0 Å². The normalized spacial score (nSPS) is 10.8. The van der Waals surface area contributed by atoms with Gasteiger partial charge in [-0.2, -0.15) is 0 Å². The van der Waals surface area contributed by atoms with Crippen LogP contribution in [0.3, 0.4) is 0 Å². The molecule has 0 saturated carbocycles. The summed E-state index contributed by atoms with van der Waals surface area (Å²) in [6.07, 6.45) is -0.597. The van der Waals surface area contributed by atoms with Crippen LogP contribution in [0.5, 0.6) is 0 Å². The summed E-state index contributed by atoms with van der Waals surface area (Å²) in [6, 6.07) is 9.74. The van der Waals surface area contributed by atoms with E-state index in [0.717, 1.165) is 4.47 Å². The van der Waals surface area contributed by atoms with Crippen molar-refractivity contribution in [2.75, 3.05) is 6.54 Å². The second-order valence-electron chi connectivity index (χ2n) is 9.38. The molecule has 208 valence electrons. The van der Waals surface area contributed by atoms with Crippen molar-refractivity contribution in [3.05, 3.63) is 68.1 Å². The SMILES string of the molecule is CC(C)(C)OC(=O)CN.CC(C)(C)OC(=O)NNCc1ccc(Br)cc1F.Fc1cc(Br)ccc1CBr. The Morgan fingerprint density at radius 3 is 1.68 bits per heavy atom. The molecule has 0 spiro atoms. The fraction of sp³-hybridized carbons (Fsp3) is 0.440. The lowest BCUT2D eigenvalue weighted by molar-refractivity contribution is -0.152. The number of carbonyl (C=O) groups excluding carboxylic acids is 2. The number of benzene rings is 2. The van der Waals surface area contributed by atoms with E-state index in [9.17, 15) is 18.4 Å². The molecule has 0 aromatic heterocycles. The first-order chi connectivity index (χ1) is 17.0. The van der Waals surface area contributed by atoms with E-state index in [1.807, 2.05) is 6.07 Å². The van der Waals surface area contributed by atoms with Crippen LogP contribution in [-0.2, 0) is 26.1 Å². The van der Waals surface area contributed by atoms with Gasteiger partial charge in [0.1, 0.15) is 22.8 Å². The highest BCUT2D eigenvalue weighted by molar-refractivity contribution is 9.10. The molecule has 0 bridgehead atoms. The van der Waals surface area contributed by atoms with E-state index in [4.69, 9.17) is 15.2 Å². The van der Waals surface area contributed by atoms with E-state index in [0.29, 0.717) is 20.9 Å². The van der Waals surface area contributed by atoms with Gasteiger partial charge in [-0.15, -0.1) is 0 Å². The first-order valence-electron chi connectivity index (χ1n) is 11.0. The van der Waals surface area contributed by atoms with Crippen molar-refractivity contribution in [2.24, 2.45) is 5.73 Å². The Bertz CT molecular complexity index is 1010. The number of rotatable bonds is 5. The molecule has 0 radical (unpaired) electrons. The van der Waals surface area contributed by atoms with E-state index in [1.165, 1.54) is 12.1 Å². The summed E-state index contributed by atoms with van der Waals surface area (Å²) < 4.78 is 37.5. The summed E-state index contributed by atoms with van der Waals surface area (Å²) in [7, 11) is 0. The molecule has 0 aliphatic carbocycles. The van der Waals surface area contributed by atoms with Gasteiger partial charge in [0.25, 0.3) is 0 Å². The number of amides is 1. The van der Waals surface area contributed by atoms with Gasteiger partial charge in [-0.25, -0.2) is 19.0 Å². The number of alkyl halides is 1. The topological polar surface area (TPSA) is 103 Å². The molecular formula is C25H34Br3F2N3O4. The molecule has 2 aromatic rings. The molecule has 1 amide bonds. The Hall–Kier alpha value is -1.60. The number of hydrazine groups is 1. The lowest BCUT2D eigenvalue weighted by Crippen LogP contribution is -2.40. The number of nitrogens with one attached hydrogen (secondary N) is 2. The Balaban J connectivity index is 0.000000577. The van der Waals surface area contributed by atoms with E-state index in [1.54, 1.807) is 59.7 Å². The molecule has 0 heterocycles. The maximum atomic E-state index is 13.4. The molecule has 12 heteroatoms. The highest BCUT2D eigenvalue weighted by atomic mass is 79.9. The average Bonchev–Trinajstić information content (AvgIpc) is 2.74. The van der Waals surface area contributed by atoms with Crippen molar-refractivity contribution in [1.82, 2.24) is 10.9 Å². The minimum Gasteiger partial charge on any atom is -0.459 e. The van der Waals surface area contributed by atoms with Crippen LogP contribution in [0.2, 0.25) is 0 Å². The van der Waals surface area contributed by atoms with Crippen LogP contribution in [-0.4, -0.2) is 29.8 Å². The summed E-state index contributed by atoms with van der Waals surface area (Å²) in [5.74, 6) is -0.878. The van der Waals surface area contributed by atoms with E-state index < -0.39 is 17.3 Å². The molecule has 2 aromatic carbocycles. The van der Waals surface area contributed by atoms with Crippen LogP contribution >= 0.6 is 47.8 Å². The van der Waals surface area contributed by atoms with Crippen molar-refractivity contribution in [3.8, 4) is 0 Å². The molecular weight excluding hydrogens is 684 g/mol. The molecule has 0 aliphatic rings. The third-order valence-corrected chi connectivity index (χ3v) is 5.22. The minimum atomic E-state index is -0.597. The van der Waals surface area contributed by atoms with Crippen LogP contribution in [0.1, 0.15) is 52.7 Å². The summed E-state index contributed by atoms with van der Waals surface area (Å²) in [6.45, 7) is 10.8. The van der Waals surface area contributed by atoms with Crippen molar-refractivity contribution in [1.29, 1.82) is 0 Å². The Morgan fingerprint density at radius 2 is 1.32 bits per heavy atom. The van der Waals surface area contributed by atoms with Gasteiger partial charge in [0.05, 0.1) is 6.54 Å². The van der Waals surface area contributed by atoms with Crippen molar-refractivity contribution >= 4 is 59.9 Å². The van der Waals surface area contributed by atoms with Gasteiger partial charge < -0.3 is 15.2 Å². The van der Waals surface area contributed by atoms with Gasteiger partial charge >= 0.3 is 12.1 Å². The van der Waals surface area contributed by atoms with Crippen LogP contribution in [0.4, 0.5) is 13.6 Å². The maximum absolute atomic E-state index is 13.4. The van der Waals surface area contributed by atoms with Crippen LogP contribution in [0.15, 0.2) is 45.3 Å². The van der Waals surface area contributed by atoms with Gasteiger partial charge in [-0.05, 0) is 71.4 Å². The monoisotopic (exact) mass is 715 g/mol. The van der Waals surface area contributed by atoms with Gasteiger partial charge in [0.2, 0.25) is 0 Å². The van der Waals surface area contributed by atoms with E-state index in [2.05, 4.69) is 58.6 Å². The number of hydrogen-bond acceptors (Lipinski definition) is 6. The molecule has 0 atom stereocenters. The van der Waals surface area contributed by atoms with E-state index >= 15 is 0 Å². The zero-order valence-electron chi connectivity index (χ0n) is 21.7. The molecule has 0 saturated heterocycles. The molecule has 7 nitrogen and oxygen atoms in total. The molecule has 0 aliphatic heterocycles. The highest BCUT2D eigenvalue weighted by Gasteiger charge is 2.16. The minimum absolute atomic E-state index is 0.0444. The zero-order chi connectivity index (χ0) is 28.8. The lowest BCUT2D eigenvalue weighted by atomic mass is 10.2. The summed E-state index contributed by atoms with van der Waals surface area (Å²) in [5.41, 5.74) is 10.1. The zero-order valence-corrected chi connectivity index (χ0v) is 26.4. The number of ether oxygens (including phenoxy) is 2. The molecule has 0 fully saturated rings. The van der Waals surface area contributed by atoms with Crippen molar-refractivity contribution < 1.29 is 27.8 Å². The summed E-state index contributed by atoms with van der Waals surface area (Å²) in [5, 5.41) is 0.562. The Morgan fingerprint density at radius 1 is 0.865 bits per heavy atom. The first kappa shape index (κ1) is 35.4. The van der Waals surface area contributed by atoms with Crippen LogP contribution < -0.4 is 16.6 Å². The smallest absolute Gasteiger partial charge is 0.422 e. The fourth-order valence-electron chi connectivity index (χ4n) is 2.19. The van der Waals surface area contributed by atoms with Gasteiger partial charge in [-0.1, -0.05) is 59.9 Å². The first-order valence-corrected chi connectivity index (χ1v) is 13.8. The summed E-state index contributed by atoms with van der Waals surface area (Å²) >= 11 is 9.52. The average molecular weight is 718 g/mol.